The molecule has 3 nitrogen and oxygen atoms in total. The molecule has 0 bridgehead atoms. The average Bonchev–Trinajstić information content (AvgIpc) is 2.96. The minimum Gasteiger partial charge on any atom is -0.508 e. The molecule has 0 saturated carbocycles. The lowest BCUT2D eigenvalue weighted by Gasteiger charge is -2.38. The number of benzene rings is 1. The van der Waals surface area contributed by atoms with Gasteiger partial charge in [-0.1, -0.05) is 32.1 Å². The van der Waals surface area contributed by atoms with Crippen LogP contribution in [0.2, 0.25) is 0 Å². The van der Waals surface area contributed by atoms with Crippen molar-refractivity contribution in [2.24, 2.45) is 0 Å². The predicted molar refractivity (Wildman–Crippen MR) is 108 cm³/mol. The molecule has 7 heteroatoms. The lowest BCUT2D eigenvalue weighted by molar-refractivity contribution is -0.266. The van der Waals surface area contributed by atoms with Crippen LogP contribution in [-0.4, -0.2) is 27.0 Å². The Labute approximate surface area is 172 Å². The summed E-state index contributed by atoms with van der Waals surface area (Å²) in [6.07, 6.45) is 2.55. The predicted octanol–water partition coefficient (Wildman–Crippen LogP) is 5.58. The Morgan fingerprint density at radius 1 is 1.10 bits per heavy atom. The van der Waals surface area contributed by atoms with Gasteiger partial charge in [0.1, 0.15) is 11.6 Å². The van der Waals surface area contributed by atoms with Gasteiger partial charge in [0.2, 0.25) is 0 Å². The minimum atomic E-state index is -4.93. The number of aromatic amines is 1. The first kappa shape index (κ1) is 22.2. The van der Waals surface area contributed by atoms with Gasteiger partial charge in [0, 0.05) is 23.4 Å². The molecule has 1 aromatic heterocycles. The molecule has 0 fully saturated rings. The van der Waals surface area contributed by atoms with Gasteiger partial charge < -0.3 is 15.2 Å². The van der Waals surface area contributed by atoms with Crippen molar-refractivity contribution >= 4 is 6.08 Å². The van der Waals surface area contributed by atoms with Crippen LogP contribution in [0, 0.1) is 5.82 Å². The first-order valence-electron chi connectivity index (χ1n) is 9.73. The Morgan fingerprint density at radius 2 is 1.83 bits per heavy atom. The zero-order valence-corrected chi connectivity index (χ0v) is 16.9. The Hall–Kier alpha value is -2.54. The highest BCUT2D eigenvalue weighted by Gasteiger charge is 2.56. The van der Waals surface area contributed by atoms with Crippen molar-refractivity contribution in [2.75, 3.05) is 0 Å². The van der Waals surface area contributed by atoms with Crippen molar-refractivity contribution in [3.63, 3.8) is 0 Å². The molecular weight excluding hydrogens is 398 g/mol. The lowest BCUT2D eigenvalue weighted by Crippen LogP contribution is -2.50. The average molecular weight is 423 g/mol. The molecule has 0 spiro atoms. The second-order valence-electron chi connectivity index (χ2n) is 8.49. The van der Waals surface area contributed by atoms with Gasteiger partial charge >= 0.3 is 6.18 Å². The van der Waals surface area contributed by atoms with E-state index in [0.29, 0.717) is 6.42 Å². The topological polar surface area (TPSA) is 56.2 Å². The highest BCUT2D eigenvalue weighted by molar-refractivity contribution is 5.53. The van der Waals surface area contributed by atoms with E-state index in [2.05, 4.69) is 4.98 Å². The van der Waals surface area contributed by atoms with Crippen LogP contribution in [-0.2, 0) is 18.3 Å². The summed E-state index contributed by atoms with van der Waals surface area (Å²) in [5.41, 5.74) is -2.53. The number of alkyl halides is 3. The number of aromatic nitrogens is 1. The summed E-state index contributed by atoms with van der Waals surface area (Å²) in [6.45, 7) is 2.89. The zero-order valence-electron chi connectivity index (χ0n) is 16.9. The number of H-pyrrole nitrogens is 1. The molecule has 1 aromatic carbocycles. The van der Waals surface area contributed by atoms with E-state index < -0.39 is 35.9 Å². The number of phenols is 1. The van der Waals surface area contributed by atoms with Crippen LogP contribution in [0.5, 0.6) is 5.75 Å². The highest BCUT2D eigenvalue weighted by atomic mass is 19.4. The molecule has 30 heavy (non-hydrogen) atoms. The molecule has 3 N–H and O–H groups in total. The van der Waals surface area contributed by atoms with Crippen molar-refractivity contribution in [3.8, 4) is 5.75 Å². The van der Waals surface area contributed by atoms with Crippen LogP contribution >= 0.6 is 0 Å². The maximum Gasteiger partial charge on any atom is 0.417 e. The number of aryl methyl sites for hydroxylation is 1. The van der Waals surface area contributed by atoms with E-state index in [4.69, 9.17) is 0 Å². The van der Waals surface area contributed by atoms with Gasteiger partial charge in [-0.15, -0.1) is 0 Å². The van der Waals surface area contributed by atoms with Gasteiger partial charge in [0.05, 0.1) is 0 Å². The van der Waals surface area contributed by atoms with E-state index in [-0.39, 0.29) is 17.0 Å². The summed E-state index contributed by atoms with van der Waals surface area (Å²) in [4.78, 5) is 2.99. The lowest BCUT2D eigenvalue weighted by atomic mass is 9.73. The summed E-state index contributed by atoms with van der Waals surface area (Å²) in [7, 11) is 0. The molecule has 0 radical (unpaired) electrons. The fourth-order valence-corrected chi connectivity index (χ4v) is 4.05. The monoisotopic (exact) mass is 423 g/mol. The maximum atomic E-state index is 14.0. The van der Waals surface area contributed by atoms with Gasteiger partial charge in [-0.05, 0) is 60.6 Å². The molecule has 162 valence electrons. The smallest absolute Gasteiger partial charge is 0.417 e. The third kappa shape index (κ3) is 4.61. The molecule has 0 amide bonds. The van der Waals surface area contributed by atoms with Crippen LogP contribution in [0.3, 0.4) is 0 Å². The molecule has 1 heterocycles. The molecule has 2 aromatic rings. The molecule has 3 rings (SSSR count). The highest BCUT2D eigenvalue weighted by Crippen LogP contribution is 2.45. The van der Waals surface area contributed by atoms with Gasteiger partial charge in [0.25, 0.3) is 0 Å². The molecule has 1 unspecified atom stereocenters. The number of fused-ring (bicyclic) bond motifs is 1. The van der Waals surface area contributed by atoms with Crippen LogP contribution < -0.4 is 0 Å². The Balaban J connectivity index is 1.94. The standard InChI is InChI=1S/C23H25F4NO2/c1-21(2,18-12-16(24)9-10-20(18)29)14-22(30,23(25,26)27)13-17-11-15-7-5-3-4-6-8-19(15)28-17/h3-4,6,8-12,28-30H,5,7,13-14H2,1-2H3. The molecule has 0 saturated heterocycles. The number of hydrogen-bond acceptors (Lipinski definition) is 2. The van der Waals surface area contributed by atoms with Crippen LogP contribution in [0.4, 0.5) is 17.6 Å². The Bertz CT molecular complexity index is 972. The number of nitrogens with one attached hydrogen (secondary N) is 1. The first-order chi connectivity index (χ1) is 13.9. The summed E-state index contributed by atoms with van der Waals surface area (Å²) >= 11 is 0. The normalized spacial score (nSPS) is 16.6. The van der Waals surface area contributed by atoms with E-state index in [1.165, 1.54) is 13.8 Å². The van der Waals surface area contributed by atoms with Crippen molar-refractivity contribution < 1.29 is 27.8 Å². The fourth-order valence-electron chi connectivity index (χ4n) is 4.05. The number of aliphatic hydroxyl groups is 1. The maximum absolute atomic E-state index is 14.0. The number of rotatable bonds is 5. The van der Waals surface area contributed by atoms with Crippen molar-refractivity contribution in [1.82, 2.24) is 4.98 Å². The zero-order chi connectivity index (χ0) is 22.2. The van der Waals surface area contributed by atoms with Gasteiger partial charge in [0.15, 0.2) is 5.60 Å². The largest absolute Gasteiger partial charge is 0.508 e. The number of allylic oxidation sites excluding steroid dienone is 3. The summed E-state index contributed by atoms with van der Waals surface area (Å²) in [6, 6.07) is 4.79. The SMILES string of the molecule is CC(C)(CC(O)(Cc1cc2c([nH]1)C=CC=CCC2)C(F)(F)F)c1cc(F)ccc1O. The quantitative estimate of drug-likeness (QED) is 0.550. The third-order valence-corrected chi connectivity index (χ3v) is 5.51. The second kappa shape index (κ2) is 7.95. The van der Waals surface area contributed by atoms with E-state index in [1.54, 1.807) is 12.1 Å². The molecule has 1 atom stereocenters. The van der Waals surface area contributed by atoms with Crippen molar-refractivity contribution in [1.29, 1.82) is 0 Å². The van der Waals surface area contributed by atoms with E-state index >= 15 is 0 Å². The van der Waals surface area contributed by atoms with Crippen LogP contribution in [0.15, 0.2) is 42.5 Å². The van der Waals surface area contributed by atoms with Crippen molar-refractivity contribution in [2.45, 2.75) is 56.7 Å². The van der Waals surface area contributed by atoms with Gasteiger partial charge in [-0.2, -0.15) is 13.2 Å². The molecule has 0 aliphatic heterocycles. The van der Waals surface area contributed by atoms with Crippen LogP contribution in [0.1, 0.15) is 49.2 Å². The van der Waals surface area contributed by atoms with E-state index in [1.807, 2.05) is 18.2 Å². The van der Waals surface area contributed by atoms with E-state index in [9.17, 15) is 27.8 Å². The Morgan fingerprint density at radius 3 is 2.53 bits per heavy atom. The third-order valence-electron chi connectivity index (χ3n) is 5.51. The second-order valence-corrected chi connectivity index (χ2v) is 8.49. The summed E-state index contributed by atoms with van der Waals surface area (Å²) in [5, 5.41) is 20.9. The molecular formula is C23H25F4NO2. The van der Waals surface area contributed by atoms with Crippen molar-refractivity contribution in [3.05, 3.63) is 70.8 Å². The minimum absolute atomic E-state index is 0.0120. The number of hydrogen-bond donors (Lipinski definition) is 3. The van der Waals surface area contributed by atoms with Gasteiger partial charge in [-0.3, -0.25) is 0 Å². The first-order valence-corrected chi connectivity index (χ1v) is 9.73. The number of phenolic OH excluding ortho intramolecular Hbond substituents is 1. The summed E-state index contributed by atoms with van der Waals surface area (Å²) in [5.74, 6) is -0.984. The fraction of sp³-hybridized carbons (Fsp3) is 0.391. The molecule has 1 aliphatic rings. The van der Waals surface area contributed by atoms with Crippen LogP contribution in [0.25, 0.3) is 6.08 Å². The van der Waals surface area contributed by atoms with E-state index in [0.717, 1.165) is 35.9 Å². The Kier molecular flexibility index (Phi) is 5.87. The molecule has 1 aliphatic carbocycles. The number of aromatic hydroxyl groups is 1. The summed E-state index contributed by atoms with van der Waals surface area (Å²) < 4.78 is 55.7. The number of halogens is 4. The van der Waals surface area contributed by atoms with Gasteiger partial charge in [-0.25, -0.2) is 4.39 Å².